The van der Waals surface area contributed by atoms with E-state index in [-0.39, 0.29) is 0 Å². The number of benzene rings is 1. The number of carbonyl (C=O) groups is 1. The molecular weight excluding hydrogens is 242 g/mol. The number of aromatic nitrogens is 1. The molecule has 4 heteroatoms. The minimum absolute atomic E-state index is 0.588. The van der Waals surface area contributed by atoms with Crippen LogP contribution in [0.4, 0.5) is 0 Å². The molecule has 1 aromatic heterocycles. The number of aliphatic carboxylic acids is 1. The Kier molecular flexibility index (Phi) is 3.80. The first-order valence-electron chi connectivity index (χ1n) is 6.05. The average Bonchev–Trinajstić information content (AvgIpc) is 2.36. The van der Waals surface area contributed by atoms with Crippen LogP contribution >= 0.6 is 0 Å². The maximum absolute atomic E-state index is 10.6. The summed E-state index contributed by atoms with van der Waals surface area (Å²) < 4.78 is 5.46. The second-order valence-corrected chi connectivity index (χ2v) is 4.14. The van der Waals surface area contributed by atoms with E-state index in [9.17, 15) is 4.79 Å². The lowest BCUT2D eigenvalue weighted by atomic mass is 10.1. The van der Waals surface area contributed by atoms with E-state index in [4.69, 9.17) is 9.84 Å². The Bertz CT molecular complexity index is 647. The zero-order valence-corrected chi connectivity index (χ0v) is 10.9. The molecule has 0 aliphatic rings. The third-order valence-electron chi connectivity index (χ3n) is 2.66. The van der Waals surface area contributed by atoms with Crippen molar-refractivity contribution in [1.82, 2.24) is 4.98 Å². The number of ether oxygens (including phenoxy) is 1. The molecule has 1 heterocycles. The zero-order chi connectivity index (χ0) is 13.8. The van der Waals surface area contributed by atoms with Crippen molar-refractivity contribution in [2.45, 2.75) is 13.8 Å². The zero-order valence-electron chi connectivity index (χ0n) is 10.9. The van der Waals surface area contributed by atoms with E-state index >= 15 is 0 Å². The van der Waals surface area contributed by atoms with Gasteiger partial charge in [0.25, 0.3) is 0 Å². The number of hydrogen-bond acceptors (Lipinski definition) is 3. The molecule has 0 aliphatic heterocycles. The predicted octanol–water partition coefficient (Wildman–Crippen LogP) is 3.04. The Morgan fingerprint density at radius 2 is 2.21 bits per heavy atom. The van der Waals surface area contributed by atoms with Crippen molar-refractivity contribution < 1.29 is 14.6 Å². The molecule has 0 saturated heterocycles. The van der Waals surface area contributed by atoms with E-state index in [2.05, 4.69) is 4.98 Å². The summed E-state index contributed by atoms with van der Waals surface area (Å²) in [5, 5.41) is 9.61. The smallest absolute Gasteiger partial charge is 0.328 e. The van der Waals surface area contributed by atoms with Crippen LogP contribution in [0.15, 0.2) is 30.3 Å². The quantitative estimate of drug-likeness (QED) is 0.855. The Morgan fingerprint density at radius 1 is 1.42 bits per heavy atom. The van der Waals surface area contributed by atoms with Crippen LogP contribution in [0, 0.1) is 6.92 Å². The fraction of sp³-hybridized carbons (Fsp3) is 0.200. The van der Waals surface area contributed by atoms with Gasteiger partial charge in [0.15, 0.2) is 0 Å². The fourth-order valence-electron chi connectivity index (χ4n) is 1.92. The number of carboxylic acid groups (broad SMARTS) is 1. The molecular formula is C15H15NO3. The van der Waals surface area contributed by atoms with Gasteiger partial charge in [0.1, 0.15) is 5.75 Å². The summed E-state index contributed by atoms with van der Waals surface area (Å²) in [7, 11) is 0. The monoisotopic (exact) mass is 257 g/mol. The molecule has 0 spiro atoms. The SMILES string of the molecule is CCOc1ccc2nc(C)cc(/C=C/C(=O)O)c2c1. The summed E-state index contributed by atoms with van der Waals surface area (Å²) >= 11 is 0. The van der Waals surface area contributed by atoms with Crippen molar-refractivity contribution in [3.63, 3.8) is 0 Å². The van der Waals surface area contributed by atoms with Gasteiger partial charge in [0, 0.05) is 17.2 Å². The van der Waals surface area contributed by atoms with Gasteiger partial charge in [-0.2, -0.15) is 0 Å². The molecule has 0 aliphatic carbocycles. The van der Waals surface area contributed by atoms with Crippen LogP contribution in [0.1, 0.15) is 18.2 Å². The topological polar surface area (TPSA) is 59.4 Å². The van der Waals surface area contributed by atoms with Crippen molar-refractivity contribution in [2.75, 3.05) is 6.61 Å². The summed E-state index contributed by atoms with van der Waals surface area (Å²) in [6, 6.07) is 7.48. The molecule has 1 aromatic carbocycles. The molecule has 0 bridgehead atoms. The van der Waals surface area contributed by atoms with Crippen LogP contribution in [0.3, 0.4) is 0 Å². The molecule has 0 saturated carbocycles. The number of pyridine rings is 1. The Labute approximate surface area is 111 Å². The molecule has 0 unspecified atom stereocenters. The highest BCUT2D eigenvalue weighted by Gasteiger charge is 2.04. The van der Waals surface area contributed by atoms with Gasteiger partial charge in [-0.1, -0.05) is 0 Å². The third-order valence-corrected chi connectivity index (χ3v) is 2.66. The van der Waals surface area contributed by atoms with Crippen LogP contribution in [0.5, 0.6) is 5.75 Å². The number of aryl methyl sites for hydroxylation is 1. The van der Waals surface area contributed by atoms with Crippen LogP contribution in [0.25, 0.3) is 17.0 Å². The maximum atomic E-state index is 10.6. The summed E-state index contributed by atoms with van der Waals surface area (Å²) in [4.78, 5) is 15.1. The second-order valence-electron chi connectivity index (χ2n) is 4.14. The second kappa shape index (κ2) is 5.52. The predicted molar refractivity (Wildman–Crippen MR) is 74.3 cm³/mol. The lowest BCUT2D eigenvalue weighted by Crippen LogP contribution is -1.93. The fourth-order valence-corrected chi connectivity index (χ4v) is 1.92. The van der Waals surface area contributed by atoms with Crippen LogP contribution in [0.2, 0.25) is 0 Å². The van der Waals surface area contributed by atoms with Gasteiger partial charge < -0.3 is 9.84 Å². The van der Waals surface area contributed by atoms with Gasteiger partial charge >= 0.3 is 5.97 Å². The number of fused-ring (bicyclic) bond motifs is 1. The van der Waals surface area contributed by atoms with Crippen molar-refractivity contribution in [2.24, 2.45) is 0 Å². The Hall–Kier alpha value is -2.36. The number of hydrogen-bond donors (Lipinski definition) is 1. The van der Waals surface area contributed by atoms with Crippen LogP contribution in [-0.4, -0.2) is 22.7 Å². The number of carboxylic acids is 1. The normalized spacial score (nSPS) is 11.1. The van der Waals surface area contributed by atoms with E-state index in [1.807, 2.05) is 38.1 Å². The number of rotatable bonds is 4. The first-order chi connectivity index (χ1) is 9.10. The van der Waals surface area contributed by atoms with Crippen LogP contribution < -0.4 is 4.74 Å². The maximum Gasteiger partial charge on any atom is 0.328 e. The Morgan fingerprint density at radius 3 is 2.89 bits per heavy atom. The van der Waals surface area contributed by atoms with E-state index in [0.717, 1.165) is 34.0 Å². The molecule has 0 atom stereocenters. The molecule has 19 heavy (non-hydrogen) atoms. The van der Waals surface area contributed by atoms with Crippen molar-refractivity contribution >= 4 is 22.9 Å². The minimum atomic E-state index is -0.969. The minimum Gasteiger partial charge on any atom is -0.494 e. The molecule has 1 N–H and O–H groups in total. The third kappa shape index (κ3) is 3.10. The van der Waals surface area contributed by atoms with E-state index in [1.54, 1.807) is 6.08 Å². The van der Waals surface area contributed by atoms with Gasteiger partial charge in [0.2, 0.25) is 0 Å². The molecule has 98 valence electrons. The van der Waals surface area contributed by atoms with Gasteiger partial charge in [-0.3, -0.25) is 4.98 Å². The molecule has 0 fully saturated rings. The summed E-state index contributed by atoms with van der Waals surface area (Å²) in [6.45, 7) is 4.39. The van der Waals surface area contributed by atoms with Crippen LogP contribution in [-0.2, 0) is 4.79 Å². The van der Waals surface area contributed by atoms with Crippen molar-refractivity contribution in [1.29, 1.82) is 0 Å². The first kappa shape index (κ1) is 13.1. The molecule has 2 aromatic rings. The lowest BCUT2D eigenvalue weighted by Gasteiger charge is -2.07. The largest absolute Gasteiger partial charge is 0.494 e. The van der Waals surface area contributed by atoms with E-state index in [0.29, 0.717) is 6.61 Å². The average molecular weight is 257 g/mol. The first-order valence-corrected chi connectivity index (χ1v) is 6.05. The van der Waals surface area contributed by atoms with Crippen molar-refractivity contribution in [3.8, 4) is 5.75 Å². The lowest BCUT2D eigenvalue weighted by molar-refractivity contribution is -0.131. The highest BCUT2D eigenvalue weighted by atomic mass is 16.5. The van der Waals surface area contributed by atoms with Gasteiger partial charge in [-0.15, -0.1) is 0 Å². The highest BCUT2D eigenvalue weighted by Crippen LogP contribution is 2.24. The molecule has 0 radical (unpaired) electrons. The molecule has 0 amide bonds. The van der Waals surface area contributed by atoms with E-state index < -0.39 is 5.97 Å². The van der Waals surface area contributed by atoms with Gasteiger partial charge in [-0.25, -0.2) is 4.79 Å². The van der Waals surface area contributed by atoms with Gasteiger partial charge in [0.05, 0.1) is 12.1 Å². The summed E-state index contributed by atoms with van der Waals surface area (Å²) in [6.07, 6.45) is 2.70. The number of nitrogens with zero attached hydrogens (tertiary/aromatic N) is 1. The molecule has 2 rings (SSSR count). The summed E-state index contributed by atoms with van der Waals surface area (Å²) in [5.74, 6) is -0.214. The van der Waals surface area contributed by atoms with E-state index in [1.165, 1.54) is 0 Å². The van der Waals surface area contributed by atoms with Gasteiger partial charge in [-0.05, 0) is 49.8 Å². The van der Waals surface area contributed by atoms with Crippen molar-refractivity contribution in [3.05, 3.63) is 41.6 Å². The molecule has 4 nitrogen and oxygen atoms in total. The Balaban J connectivity index is 2.58. The highest BCUT2D eigenvalue weighted by molar-refractivity contribution is 5.93. The standard InChI is InChI=1S/C15H15NO3/c1-3-19-12-5-6-14-13(9-12)11(4-7-15(17)18)8-10(2)16-14/h4-9H,3H2,1-2H3,(H,17,18)/b7-4+. The summed E-state index contributed by atoms with van der Waals surface area (Å²) in [5.41, 5.74) is 2.50.